The van der Waals surface area contributed by atoms with E-state index in [0.29, 0.717) is 17.4 Å². The molecular formula is C13H14F3N. The van der Waals surface area contributed by atoms with Crippen LogP contribution in [0, 0.1) is 29.3 Å². The molecule has 0 amide bonds. The summed E-state index contributed by atoms with van der Waals surface area (Å²) in [4.78, 5) is 0. The zero-order valence-electron chi connectivity index (χ0n) is 9.35. The van der Waals surface area contributed by atoms with Crippen molar-refractivity contribution in [1.82, 2.24) is 0 Å². The lowest BCUT2D eigenvalue weighted by Crippen LogP contribution is -2.24. The number of benzene rings is 1. The Bertz CT molecular complexity index is 437. The Hall–Kier alpha value is -1.03. The molecule has 0 aromatic heterocycles. The fraction of sp³-hybridized carbons (Fsp3) is 0.538. The van der Waals surface area contributed by atoms with Crippen LogP contribution < -0.4 is 5.73 Å². The van der Waals surface area contributed by atoms with E-state index in [1.165, 1.54) is 0 Å². The van der Waals surface area contributed by atoms with Crippen molar-refractivity contribution in [2.24, 2.45) is 17.6 Å². The van der Waals surface area contributed by atoms with Crippen LogP contribution in [-0.4, -0.2) is 0 Å². The first-order valence-electron chi connectivity index (χ1n) is 5.99. The summed E-state index contributed by atoms with van der Waals surface area (Å²) in [5.41, 5.74) is 6.02. The molecule has 2 aliphatic rings. The molecule has 2 unspecified atom stereocenters. The Kier molecular flexibility index (Phi) is 2.27. The normalized spacial score (nSPS) is 35.5. The lowest BCUT2D eigenvalue weighted by atomic mass is 10.0. The van der Waals surface area contributed by atoms with Crippen LogP contribution in [0.4, 0.5) is 13.2 Å². The van der Waals surface area contributed by atoms with Crippen LogP contribution in [0.5, 0.6) is 0 Å². The summed E-state index contributed by atoms with van der Waals surface area (Å²) in [5.74, 6) is -3.09. The monoisotopic (exact) mass is 241 g/mol. The van der Waals surface area contributed by atoms with Crippen molar-refractivity contribution in [1.29, 1.82) is 0 Å². The molecule has 2 aliphatic carbocycles. The van der Waals surface area contributed by atoms with Crippen LogP contribution in [0.15, 0.2) is 12.1 Å². The summed E-state index contributed by atoms with van der Waals surface area (Å²) >= 11 is 0. The van der Waals surface area contributed by atoms with Gasteiger partial charge in [0.15, 0.2) is 17.5 Å². The van der Waals surface area contributed by atoms with Gasteiger partial charge in [-0.1, -0.05) is 12.8 Å². The summed E-state index contributed by atoms with van der Waals surface area (Å²) in [5, 5.41) is 0. The van der Waals surface area contributed by atoms with Crippen LogP contribution in [0.3, 0.4) is 0 Å². The highest BCUT2D eigenvalue weighted by Gasteiger charge is 2.63. The summed E-state index contributed by atoms with van der Waals surface area (Å²) in [7, 11) is 0. The van der Waals surface area contributed by atoms with E-state index < -0.39 is 23.0 Å². The Morgan fingerprint density at radius 3 is 1.94 bits per heavy atom. The van der Waals surface area contributed by atoms with E-state index in [1.54, 1.807) is 0 Å². The molecule has 0 radical (unpaired) electrons. The molecule has 92 valence electrons. The first kappa shape index (κ1) is 11.1. The van der Waals surface area contributed by atoms with Crippen molar-refractivity contribution in [3.8, 4) is 0 Å². The largest absolute Gasteiger partial charge is 0.321 e. The molecule has 17 heavy (non-hydrogen) atoms. The Labute approximate surface area is 97.8 Å². The Morgan fingerprint density at radius 1 is 1.00 bits per heavy atom. The van der Waals surface area contributed by atoms with Gasteiger partial charge in [-0.2, -0.15) is 0 Å². The van der Waals surface area contributed by atoms with Gasteiger partial charge in [-0.15, -0.1) is 0 Å². The molecule has 2 atom stereocenters. The summed E-state index contributed by atoms with van der Waals surface area (Å²) in [6.07, 6.45) is 4.24. The topological polar surface area (TPSA) is 26.0 Å². The summed E-state index contributed by atoms with van der Waals surface area (Å²) in [6.45, 7) is 0. The molecule has 0 saturated heterocycles. The number of hydrogen-bond donors (Lipinski definition) is 1. The summed E-state index contributed by atoms with van der Waals surface area (Å²) in [6, 6.07) is 2.10. The van der Waals surface area contributed by atoms with Gasteiger partial charge in [-0.05, 0) is 42.4 Å². The van der Waals surface area contributed by atoms with E-state index in [0.717, 1.165) is 37.8 Å². The average molecular weight is 241 g/mol. The fourth-order valence-electron chi connectivity index (χ4n) is 3.41. The SMILES string of the molecule is NC1(c2cc(F)c(F)c(F)c2)C2CCCCC21. The van der Waals surface area contributed by atoms with Crippen molar-refractivity contribution in [2.45, 2.75) is 31.2 Å². The van der Waals surface area contributed by atoms with Crippen LogP contribution in [-0.2, 0) is 5.54 Å². The van der Waals surface area contributed by atoms with Crippen molar-refractivity contribution in [2.75, 3.05) is 0 Å². The zero-order chi connectivity index (χ0) is 12.2. The third kappa shape index (κ3) is 1.43. The van der Waals surface area contributed by atoms with Crippen LogP contribution in [0.25, 0.3) is 0 Å². The highest BCUT2D eigenvalue weighted by atomic mass is 19.2. The van der Waals surface area contributed by atoms with E-state index in [4.69, 9.17) is 5.73 Å². The highest BCUT2D eigenvalue weighted by Crippen LogP contribution is 2.62. The third-order valence-electron chi connectivity index (χ3n) is 4.37. The fourth-order valence-corrected chi connectivity index (χ4v) is 3.41. The molecule has 4 heteroatoms. The molecule has 0 heterocycles. The number of halogens is 3. The van der Waals surface area contributed by atoms with Gasteiger partial charge < -0.3 is 5.73 Å². The van der Waals surface area contributed by atoms with Gasteiger partial charge in [-0.25, -0.2) is 13.2 Å². The van der Waals surface area contributed by atoms with Crippen molar-refractivity contribution in [3.63, 3.8) is 0 Å². The first-order chi connectivity index (χ1) is 8.05. The molecule has 1 nitrogen and oxygen atoms in total. The van der Waals surface area contributed by atoms with Crippen molar-refractivity contribution >= 4 is 0 Å². The molecule has 3 rings (SSSR count). The van der Waals surface area contributed by atoms with Crippen molar-refractivity contribution < 1.29 is 13.2 Å². The number of nitrogens with two attached hydrogens (primary N) is 1. The second kappa shape index (κ2) is 3.48. The molecule has 2 saturated carbocycles. The maximum Gasteiger partial charge on any atom is 0.194 e. The lowest BCUT2D eigenvalue weighted by molar-refractivity contribution is 0.441. The minimum atomic E-state index is -1.42. The minimum absolute atomic E-state index is 0.306. The van der Waals surface area contributed by atoms with E-state index in [9.17, 15) is 13.2 Å². The van der Waals surface area contributed by atoms with E-state index >= 15 is 0 Å². The van der Waals surface area contributed by atoms with Gasteiger partial charge in [0.2, 0.25) is 0 Å². The van der Waals surface area contributed by atoms with Crippen LogP contribution in [0.1, 0.15) is 31.2 Å². The maximum absolute atomic E-state index is 13.2. The van der Waals surface area contributed by atoms with E-state index in [1.807, 2.05) is 0 Å². The zero-order valence-corrected chi connectivity index (χ0v) is 9.35. The predicted octanol–water partition coefficient (Wildman–Crippen LogP) is 3.08. The highest BCUT2D eigenvalue weighted by molar-refractivity contribution is 5.36. The van der Waals surface area contributed by atoms with Gasteiger partial charge in [-0.3, -0.25) is 0 Å². The Balaban J connectivity index is 2.00. The van der Waals surface area contributed by atoms with E-state index in [2.05, 4.69) is 0 Å². The molecule has 2 fully saturated rings. The van der Waals surface area contributed by atoms with Crippen LogP contribution in [0.2, 0.25) is 0 Å². The lowest BCUT2D eigenvalue weighted by Gasteiger charge is -2.13. The number of rotatable bonds is 1. The Morgan fingerprint density at radius 2 is 1.47 bits per heavy atom. The molecule has 0 bridgehead atoms. The number of fused-ring (bicyclic) bond motifs is 1. The molecule has 1 aromatic rings. The van der Waals surface area contributed by atoms with Gasteiger partial charge in [0.05, 0.1) is 0 Å². The molecule has 0 spiro atoms. The maximum atomic E-state index is 13.2. The second-order valence-corrected chi connectivity index (χ2v) is 5.18. The standard InChI is InChI=1S/C13H14F3N/c14-10-5-7(6-11(15)12(10)16)13(17)8-3-1-2-4-9(8)13/h5-6,8-9H,1-4,17H2. The van der Waals surface area contributed by atoms with Crippen LogP contribution >= 0.6 is 0 Å². The molecule has 2 N–H and O–H groups in total. The predicted molar refractivity (Wildman–Crippen MR) is 57.6 cm³/mol. The molecule has 0 aliphatic heterocycles. The van der Waals surface area contributed by atoms with Gasteiger partial charge in [0, 0.05) is 5.54 Å². The quantitative estimate of drug-likeness (QED) is 0.751. The first-order valence-corrected chi connectivity index (χ1v) is 5.99. The number of hydrogen-bond acceptors (Lipinski definition) is 1. The smallest absolute Gasteiger partial charge is 0.194 e. The van der Waals surface area contributed by atoms with Gasteiger partial charge >= 0.3 is 0 Å². The van der Waals surface area contributed by atoms with E-state index in [-0.39, 0.29) is 0 Å². The van der Waals surface area contributed by atoms with Gasteiger partial charge in [0.25, 0.3) is 0 Å². The summed E-state index contributed by atoms with van der Waals surface area (Å²) < 4.78 is 39.3. The van der Waals surface area contributed by atoms with Gasteiger partial charge in [0.1, 0.15) is 0 Å². The molecular weight excluding hydrogens is 227 g/mol. The minimum Gasteiger partial charge on any atom is -0.321 e. The van der Waals surface area contributed by atoms with Crippen molar-refractivity contribution in [3.05, 3.63) is 35.1 Å². The molecule has 1 aromatic carbocycles. The average Bonchev–Trinajstić information content (AvgIpc) is 2.94. The second-order valence-electron chi connectivity index (χ2n) is 5.18. The third-order valence-corrected chi connectivity index (χ3v) is 4.37.